The molecule has 5 heteroatoms. The number of rotatable bonds is 6. The van der Waals surface area contributed by atoms with E-state index in [0.29, 0.717) is 5.92 Å². The van der Waals surface area contributed by atoms with E-state index >= 15 is 0 Å². The zero-order valence-electron chi connectivity index (χ0n) is 17.3. The summed E-state index contributed by atoms with van der Waals surface area (Å²) in [6.45, 7) is 4.05. The monoisotopic (exact) mass is 414 g/mol. The quantitative estimate of drug-likeness (QED) is 0.678. The number of halogens is 1. The van der Waals surface area contributed by atoms with Gasteiger partial charge in [0.15, 0.2) is 0 Å². The van der Waals surface area contributed by atoms with Crippen molar-refractivity contribution in [3.8, 4) is 0 Å². The molecule has 1 aliphatic heterocycles. The molecule has 1 aromatic heterocycles. The van der Waals surface area contributed by atoms with Gasteiger partial charge in [0.2, 0.25) is 0 Å². The third kappa shape index (κ3) is 5.07. The largest absolute Gasteiger partial charge is 0.341 e. The zero-order valence-corrected chi connectivity index (χ0v) is 18.1. The molecule has 1 saturated heterocycles. The highest BCUT2D eigenvalue weighted by molar-refractivity contribution is 7.10. The minimum atomic E-state index is -0.170. The van der Waals surface area contributed by atoms with E-state index in [-0.39, 0.29) is 11.7 Å². The Labute approximate surface area is 177 Å². The molecule has 4 rings (SSSR count). The SMILES string of the molecule is CN(CC1CCN(CCc2ccc(F)cc2)CC1)C(=O)c1csc2c1CCCC2. The average molecular weight is 415 g/mol. The van der Waals surface area contributed by atoms with E-state index in [1.54, 1.807) is 23.5 Å². The van der Waals surface area contributed by atoms with Gasteiger partial charge in [0, 0.05) is 30.4 Å². The van der Waals surface area contributed by atoms with Gasteiger partial charge in [0.25, 0.3) is 5.91 Å². The molecule has 0 saturated carbocycles. The molecule has 0 N–H and O–H groups in total. The van der Waals surface area contributed by atoms with Gasteiger partial charge in [-0.25, -0.2) is 4.39 Å². The molecular formula is C24H31FN2OS. The number of likely N-dealkylation sites (tertiary alicyclic amines) is 1. The first kappa shape index (κ1) is 20.5. The standard InChI is InChI=1S/C24H31FN2OS/c1-26(24(28)22-17-29-23-5-3-2-4-21(22)23)16-19-11-14-27(15-12-19)13-10-18-6-8-20(25)9-7-18/h6-9,17,19H,2-5,10-16H2,1H3. The Morgan fingerprint density at radius 3 is 2.66 bits per heavy atom. The van der Waals surface area contributed by atoms with Crippen LogP contribution in [0.3, 0.4) is 0 Å². The second-order valence-electron chi connectivity index (χ2n) is 8.61. The van der Waals surface area contributed by atoms with E-state index < -0.39 is 0 Å². The fourth-order valence-electron chi connectivity index (χ4n) is 4.68. The van der Waals surface area contributed by atoms with Crippen LogP contribution in [-0.4, -0.2) is 48.9 Å². The van der Waals surface area contributed by atoms with Crippen LogP contribution in [0.1, 0.15) is 52.0 Å². The van der Waals surface area contributed by atoms with Gasteiger partial charge in [0.1, 0.15) is 5.82 Å². The smallest absolute Gasteiger partial charge is 0.254 e. The molecule has 156 valence electrons. The molecule has 0 bridgehead atoms. The number of thiophene rings is 1. The van der Waals surface area contributed by atoms with Crippen molar-refractivity contribution < 1.29 is 9.18 Å². The number of fused-ring (bicyclic) bond motifs is 1. The molecule has 1 fully saturated rings. The summed E-state index contributed by atoms with van der Waals surface area (Å²) in [5.74, 6) is 0.625. The summed E-state index contributed by atoms with van der Waals surface area (Å²) < 4.78 is 13.0. The summed E-state index contributed by atoms with van der Waals surface area (Å²) in [5, 5.41) is 2.09. The van der Waals surface area contributed by atoms with Gasteiger partial charge in [-0.05, 0) is 87.2 Å². The number of hydrogen-bond acceptors (Lipinski definition) is 3. The number of aryl methyl sites for hydroxylation is 1. The molecule has 2 heterocycles. The Balaban J connectivity index is 1.23. The fourth-order valence-corrected chi connectivity index (χ4v) is 5.80. The third-order valence-corrected chi connectivity index (χ3v) is 7.60. The molecule has 2 aliphatic rings. The van der Waals surface area contributed by atoms with E-state index in [1.165, 1.54) is 28.8 Å². The topological polar surface area (TPSA) is 23.6 Å². The number of carbonyl (C=O) groups excluding carboxylic acids is 1. The van der Waals surface area contributed by atoms with Gasteiger partial charge in [0.05, 0.1) is 5.56 Å². The highest BCUT2D eigenvalue weighted by Crippen LogP contribution is 2.31. The molecule has 29 heavy (non-hydrogen) atoms. The summed E-state index contributed by atoms with van der Waals surface area (Å²) in [6, 6.07) is 6.84. The summed E-state index contributed by atoms with van der Waals surface area (Å²) in [6.07, 6.45) is 7.94. The van der Waals surface area contributed by atoms with Gasteiger partial charge >= 0.3 is 0 Å². The number of nitrogens with zero attached hydrogens (tertiary/aromatic N) is 2. The van der Waals surface area contributed by atoms with Crippen molar-refractivity contribution in [3.05, 3.63) is 57.0 Å². The second-order valence-corrected chi connectivity index (χ2v) is 9.57. The van der Waals surface area contributed by atoms with Crippen molar-refractivity contribution in [1.29, 1.82) is 0 Å². The Hall–Kier alpha value is -1.72. The lowest BCUT2D eigenvalue weighted by Crippen LogP contribution is -2.40. The Morgan fingerprint density at radius 2 is 1.90 bits per heavy atom. The van der Waals surface area contributed by atoms with E-state index in [0.717, 1.165) is 63.8 Å². The van der Waals surface area contributed by atoms with Crippen LogP contribution in [0.15, 0.2) is 29.6 Å². The Bertz CT molecular complexity index is 824. The molecule has 1 aromatic carbocycles. The molecule has 0 spiro atoms. The maximum atomic E-state index is 13.0. The van der Waals surface area contributed by atoms with Crippen LogP contribution >= 0.6 is 11.3 Å². The lowest BCUT2D eigenvalue weighted by atomic mass is 9.94. The first-order valence-electron chi connectivity index (χ1n) is 10.9. The van der Waals surface area contributed by atoms with E-state index in [2.05, 4.69) is 10.3 Å². The van der Waals surface area contributed by atoms with Crippen LogP contribution in [0.25, 0.3) is 0 Å². The molecule has 0 radical (unpaired) electrons. The molecule has 1 amide bonds. The number of piperidine rings is 1. The van der Waals surface area contributed by atoms with E-state index in [1.807, 2.05) is 24.1 Å². The summed E-state index contributed by atoms with van der Waals surface area (Å²) >= 11 is 1.77. The van der Waals surface area contributed by atoms with Gasteiger partial charge in [-0.1, -0.05) is 12.1 Å². The number of carbonyl (C=O) groups is 1. The van der Waals surface area contributed by atoms with Crippen molar-refractivity contribution in [2.24, 2.45) is 5.92 Å². The summed E-state index contributed by atoms with van der Waals surface area (Å²) in [5.41, 5.74) is 3.48. The van der Waals surface area contributed by atoms with E-state index in [4.69, 9.17) is 0 Å². The maximum Gasteiger partial charge on any atom is 0.254 e. The molecule has 0 atom stereocenters. The molecular weight excluding hydrogens is 383 g/mol. The van der Waals surface area contributed by atoms with Crippen LogP contribution in [0.5, 0.6) is 0 Å². The minimum absolute atomic E-state index is 0.170. The molecule has 3 nitrogen and oxygen atoms in total. The van der Waals surface area contributed by atoms with Crippen LogP contribution in [0.2, 0.25) is 0 Å². The van der Waals surface area contributed by atoms with Crippen molar-refractivity contribution in [2.45, 2.75) is 44.9 Å². The van der Waals surface area contributed by atoms with Crippen molar-refractivity contribution in [3.63, 3.8) is 0 Å². The van der Waals surface area contributed by atoms with Crippen molar-refractivity contribution in [1.82, 2.24) is 9.80 Å². The van der Waals surface area contributed by atoms with Crippen molar-refractivity contribution >= 4 is 17.2 Å². The van der Waals surface area contributed by atoms with Crippen LogP contribution in [-0.2, 0) is 19.3 Å². The van der Waals surface area contributed by atoms with Crippen molar-refractivity contribution in [2.75, 3.05) is 33.2 Å². The van der Waals surface area contributed by atoms with Gasteiger partial charge in [-0.3, -0.25) is 4.79 Å². The highest BCUT2D eigenvalue weighted by Gasteiger charge is 2.25. The van der Waals surface area contributed by atoms with Gasteiger partial charge in [-0.15, -0.1) is 11.3 Å². The molecule has 2 aromatic rings. The zero-order chi connectivity index (χ0) is 20.2. The fraction of sp³-hybridized carbons (Fsp3) is 0.542. The Morgan fingerprint density at radius 1 is 1.17 bits per heavy atom. The number of benzene rings is 1. The number of hydrogen-bond donors (Lipinski definition) is 0. The summed E-state index contributed by atoms with van der Waals surface area (Å²) in [4.78, 5) is 18.9. The normalized spacial score (nSPS) is 17.9. The lowest BCUT2D eigenvalue weighted by molar-refractivity contribution is 0.0739. The Kier molecular flexibility index (Phi) is 6.66. The third-order valence-electron chi connectivity index (χ3n) is 6.51. The van der Waals surface area contributed by atoms with E-state index in [9.17, 15) is 9.18 Å². The van der Waals surface area contributed by atoms with Gasteiger partial charge in [-0.2, -0.15) is 0 Å². The lowest BCUT2D eigenvalue weighted by Gasteiger charge is -2.34. The minimum Gasteiger partial charge on any atom is -0.341 e. The second kappa shape index (κ2) is 9.40. The molecule has 0 unspecified atom stereocenters. The number of amides is 1. The van der Waals surface area contributed by atoms with Gasteiger partial charge < -0.3 is 9.80 Å². The van der Waals surface area contributed by atoms with Crippen LogP contribution < -0.4 is 0 Å². The molecule has 1 aliphatic carbocycles. The average Bonchev–Trinajstić information content (AvgIpc) is 3.18. The first-order valence-corrected chi connectivity index (χ1v) is 11.8. The maximum absolute atomic E-state index is 13.0. The van der Waals surface area contributed by atoms with Crippen LogP contribution in [0, 0.1) is 11.7 Å². The highest BCUT2D eigenvalue weighted by atomic mass is 32.1. The van der Waals surface area contributed by atoms with Crippen LogP contribution in [0.4, 0.5) is 4.39 Å². The predicted molar refractivity (Wildman–Crippen MR) is 117 cm³/mol. The predicted octanol–water partition coefficient (Wildman–Crippen LogP) is 4.79. The first-order chi connectivity index (χ1) is 14.1. The summed E-state index contributed by atoms with van der Waals surface area (Å²) in [7, 11) is 1.97.